The molecular formula is C9H12Br2N2O2. The molecule has 0 N–H and O–H groups in total. The van der Waals surface area contributed by atoms with Crippen LogP contribution in [0.5, 0.6) is 0 Å². The summed E-state index contributed by atoms with van der Waals surface area (Å²) in [5, 5.41) is 1.29. The molecule has 0 spiro atoms. The Bertz CT molecular complexity index is 450. The Labute approximate surface area is 104 Å². The van der Waals surface area contributed by atoms with Crippen LogP contribution in [0.4, 0.5) is 0 Å². The maximum Gasteiger partial charge on any atom is 0.331 e. The van der Waals surface area contributed by atoms with Crippen molar-refractivity contribution in [1.29, 1.82) is 0 Å². The number of nitrogens with zero attached hydrogens (tertiary/aromatic N) is 2. The molecule has 15 heavy (non-hydrogen) atoms. The highest BCUT2D eigenvalue weighted by Crippen LogP contribution is 1.91. The van der Waals surface area contributed by atoms with Crippen LogP contribution in [0, 0.1) is 6.92 Å². The minimum atomic E-state index is -0.246. The van der Waals surface area contributed by atoms with Crippen LogP contribution in [0.3, 0.4) is 0 Å². The van der Waals surface area contributed by atoms with Crippen LogP contribution in [0.25, 0.3) is 0 Å². The summed E-state index contributed by atoms with van der Waals surface area (Å²) in [6, 6.07) is 0. The van der Waals surface area contributed by atoms with Crippen molar-refractivity contribution < 1.29 is 0 Å². The lowest BCUT2D eigenvalue weighted by atomic mass is 10.4. The lowest BCUT2D eigenvalue weighted by Crippen LogP contribution is -2.41. The van der Waals surface area contributed by atoms with Gasteiger partial charge in [0.1, 0.15) is 0 Å². The summed E-state index contributed by atoms with van der Waals surface area (Å²) in [5.41, 5.74) is 0.145. The van der Waals surface area contributed by atoms with E-state index in [1.165, 1.54) is 4.57 Å². The van der Waals surface area contributed by atoms with Crippen LogP contribution < -0.4 is 11.2 Å². The molecule has 0 bridgehead atoms. The third-order valence-corrected chi connectivity index (χ3v) is 2.75. The first-order valence-electron chi connectivity index (χ1n) is 4.54. The molecule has 0 fully saturated rings. The van der Waals surface area contributed by atoms with E-state index in [-0.39, 0.29) is 11.2 Å². The predicted octanol–water partition coefficient (Wildman–Crippen LogP) is 1.11. The minimum Gasteiger partial charge on any atom is -0.299 e. The predicted molar refractivity (Wildman–Crippen MR) is 67.3 cm³/mol. The van der Waals surface area contributed by atoms with E-state index in [0.717, 1.165) is 0 Å². The summed E-state index contributed by atoms with van der Waals surface area (Å²) in [4.78, 5) is 23.5. The van der Waals surface area contributed by atoms with Gasteiger partial charge in [0.25, 0.3) is 5.56 Å². The summed E-state index contributed by atoms with van der Waals surface area (Å²) in [7, 11) is 0. The second-order valence-electron chi connectivity index (χ2n) is 3.12. The Hall–Kier alpha value is -0.360. The number of hydrogen-bond acceptors (Lipinski definition) is 2. The average Bonchev–Trinajstić information content (AvgIpc) is 2.21. The molecule has 0 aliphatic rings. The van der Waals surface area contributed by atoms with Gasteiger partial charge in [0.15, 0.2) is 0 Å². The van der Waals surface area contributed by atoms with Crippen LogP contribution in [0.2, 0.25) is 0 Å². The molecule has 0 aliphatic carbocycles. The Morgan fingerprint density at radius 2 is 1.80 bits per heavy atom. The highest BCUT2D eigenvalue weighted by molar-refractivity contribution is 9.09. The van der Waals surface area contributed by atoms with E-state index in [4.69, 9.17) is 0 Å². The fraction of sp³-hybridized carbons (Fsp3) is 0.556. The second-order valence-corrected chi connectivity index (χ2v) is 4.71. The highest BCUT2D eigenvalue weighted by atomic mass is 79.9. The van der Waals surface area contributed by atoms with E-state index in [0.29, 0.717) is 29.3 Å². The summed E-state index contributed by atoms with van der Waals surface area (Å²) < 4.78 is 2.81. The maximum atomic E-state index is 11.8. The molecule has 0 amide bonds. The minimum absolute atomic E-state index is 0.203. The van der Waals surface area contributed by atoms with Gasteiger partial charge in [0, 0.05) is 35.5 Å². The van der Waals surface area contributed by atoms with E-state index in [1.54, 1.807) is 17.7 Å². The van der Waals surface area contributed by atoms with Crippen molar-refractivity contribution in [3.63, 3.8) is 0 Å². The lowest BCUT2D eigenvalue weighted by Gasteiger charge is -2.09. The number of aromatic nitrogens is 2. The molecule has 0 aliphatic heterocycles. The second kappa shape index (κ2) is 5.65. The number of hydrogen-bond donors (Lipinski definition) is 0. The normalized spacial score (nSPS) is 10.6. The highest BCUT2D eigenvalue weighted by Gasteiger charge is 2.07. The van der Waals surface area contributed by atoms with Crippen LogP contribution in [0.1, 0.15) is 5.56 Å². The summed E-state index contributed by atoms with van der Waals surface area (Å²) in [6.07, 6.45) is 1.61. The summed E-state index contributed by atoms with van der Waals surface area (Å²) in [6.45, 7) is 2.70. The summed E-state index contributed by atoms with van der Waals surface area (Å²) in [5.74, 6) is 0. The van der Waals surface area contributed by atoms with Gasteiger partial charge in [-0.1, -0.05) is 31.9 Å². The van der Waals surface area contributed by atoms with E-state index in [1.807, 2.05) is 0 Å². The van der Waals surface area contributed by atoms with Crippen molar-refractivity contribution in [2.45, 2.75) is 20.0 Å². The lowest BCUT2D eigenvalue weighted by molar-refractivity contribution is 0.589. The largest absolute Gasteiger partial charge is 0.331 e. The smallest absolute Gasteiger partial charge is 0.299 e. The first-order valence-corrected chi connectivity index (χ1v) is 6.79. The average molecular weight is 340 g/mol. The molecule has 0 saturated carbocycles. The van der Waals surface area contributed by atoms with Gasteiger partial charge in [-0.15, -0.1) is 0 Å². The first-order chi connectivity index (χ1) is 7.11. The van der Waals surface area contributed by atoms with Gasteiger partial charge in [-0.25, -0.2) is 4.79 Å². The summed E-state index contributed by atoms with van der Waals surface area (Å²) >= 11 is 6.50. The zero-order valence-electron chi connectivity index (χ0n) is 8.37. The number of rotatable bonds is 4. The molecule has 1 rings (SSSR count). The van der Waals surface area contributed by atoms with Crippen LogP contribution in [-0.4, -0.2) is 19.8 Å². The third kappa shape index (κ3) is 2.81. The van der Waals surface area contributed by atoms with E-state index in [9.17, 15) is 9.59 Å². The van der Waals surface area contributed by atoms with Crippen molar-refractivity contribution in [2.75, 3.05) is 10.7 Å². The Morgan fingerprint density at radius 3 is 2.33 bits per heavy atom. The first kappa shape index (κ1) is 12.7. The van der Waals surface area contributed by atoms with Crippen molar-refractivity contribution >= 4 is 31.9 Å². The zero-order valence-corrected chi connectivity index (χ0v) is 11.5. The monoisotopic (exact) mass is 338 g/mol. The zero-order chi connectivity index (χ0) is 11.4. The molecule has 0 saturated heterocycles. The van der Waals surface area contributed by atoms with Gasteiger partial charge in [0.05, 0.1) is 0 Å². The van der Waals surface area contributed by atoms with Crippen molar-refractivity contribution in [1.82, 2.24) is 9.13 Å². The standard InChI is InChI=1S/C9H12Br2N2O2/c1-7-6-12(4-2-10)9(15)13(5-3-11)8(7)14/h6H,2-5H2,1H3. The van der Waals surface area contributed by atoms with Crippen LogP contribution >= 0.6 is 31.9 Å². The molecular weight excluding hydrogens is 328 g/mol. The van der Waals surface area contributed by atoms with E-state index < -0.39 is 0 Å². The fourth-order valence-corrected chi connectivity index (χ4v) is 2.07. The SMILES string of the molecule is Cc1cn(CCBr)c(=O)n(CCBr)c1=O. The molecule has 0 atom stereocenters. The molecule has 0 aromatic carbocycles. The van der Waals surface area contributed by atoms with Gasteiger partial charge in [-0.3, -0.25) is 13.9 Å². The molecule has 0 unspecified atom stereocenters. The Kier molecular flexibility index (Phi) is 4.79. The van der Waals surface area contributed by atoms with Gasteiger partial charge in [-0.05, 0) is 6.92 Å². The molecule has 1 aromatic heterocycles. The van der Waals surface area contributed by atoms with Gasteiger partial charge >= 0.3 is 5.69 Å². The quantitative estimate of drug-likeness (QED) is 0.771. The van der Waals surface area contributed by atoms with Gasteiger partial charge in [-0.2, -0.15) is 0 Å². The van der Waals surface area contributed by atoms with Crippen molar-refractivity contribution in [3.05, 3.63) is 32.6 Å². The fourth-order valence-electron chi connectivity index (χ4n) is 1.33. The van der Waals surface area contributed by atoms with Gasteiger partial charge in [0.2, 0.25) is 0 Å². The Balaban J connectivity index is 3.35. The van der Waals surface area contributed by atoms with Crippen molar-refractivity contribution in [3.8, 4) is 0 Å². The third-order valence-electron chi connectivity index (χ3n) is 2.04. The van der Waals surface area contributed by atoms with E-state index >= 15 is 0 Å². The molecule has 6 heteroatoms. The van der Waals surface area contributed by atoms with Crippen molar-refractivity contribution in [2.24, 2.45) is 0 Å². The topological polar surface area (TPSA) is 44.0 Å². The number of aryl methyl sites for hydroxylation is 2. The van der Waals surface area contributed by atoms with Crippen LogP contribution in [-0.2, 0) is 13.1 Å². The number of halogens is 2. The van der Waals surface area contributed by atoms with Gasteiger partial charge < -0.3 is 0 Å². The Morgan fingerprint density at radius 1 is 1.20 bits per heavy atom. The molecule has 4 nitrogen and oxygen atoms in total. The van der Waals surface area contributed by atoms with Crippen LogP contribution in [0.15, 0.2) is 15.8 Å². The molecule has 84 valence electrons. The number of alkyl halides is 2. The van der Waals surface area contributed by atoms with E-state index in [2.05, 4.69) is 31.9 Å². The maximum absolute atomic E-state index is 11.8. The molecule has 1 heterocycles. The molecule has 0 radical (unpaired) electrons. The molecule has 1 aromatic rings.